The fraction of sp³-hybridized carbons (Fsp3) is 0.562. The minimum atomic E-state index is -0.469. The normalized spacial score (nSPS) is 17.2. The third-order valence-corrected chi connectivity index (χ3v) is 4.25. The van der Waals surface area contributed by atoms with Crippen molar-refractivity contribution >= 4 is 5.78 Å². The number of benzene rings is 1. The van der Waals surface area contributed by atoms with Crippen molar-refractivity contribution in [2.24, 2.45) is 0 Å². The Bertz CT molecular complexity index is 493. The van der Waals surface area contributed by atoms with Gasteiger partial charge in [-0.15, -0.1) is 0 Å². The van der Waals surface area contributed by atoms with E-state index in [-0.39, 0.29) is 11.6 Å². The van der Waals surface area contributed by atoms with E-state index in [2.05, 4.69) is 10.2 Å². The van der Waals surface area contributed by atoms with Crippen LogP contribution < -0.4 is 5.32 Å². The molecule has 0 bridgehead atoms. The molecule has 0 amide bonds. The Hall–Kier alpha value is -1.26. The minimum absolute atomic E-state index is 0.189. The van der Waals surface area contributed by atoms with Crippen molar-refractivity contribution in [1.29, 1.82) is 0 Å². The Morgan fingerprint density at radius 3 is 2.60 bits per heavy atom. The standard InChI is InChI=1S/C16H23FN2O/c1-12-10-14(17)5-4-13(12)11-15(20)16(2,3)19-8-6-18-7-9-19/h4-5,10,18H,6-9,11H2,1-3H3. The molecule has 3 nitrogen and oxygen atoms in total. The summed E-state index contributed by atoms with van der Waals surface area (Å²) in [6.07, 6.45) is 0.364. The number of ketones is 1. The fourth-order valence-electron chi connectivity index (χ4n) is 2.65. The maximum absolute atomic E-state index is 13.1. The minimum Gasteiger partial charge on any atom is -0.314 e. The molecule has 0 aliphatic carbocycles. The fourth-order valence-corrected chi connectivity index (χ4v) is 2.65. The predicted molar refractivity (Wildman–Crippen MR) is 78.4 cm³/mol. The van der Waals surface area contributed by atoms with Gasteiger partial charge in [-0.25, -0.2) is 4.39 Å². The van der Waals surface area contributed by atoms with Gasteiger partial charge in [0.1, 0.15) is 5.82 Å². The Morgan fingerprint density at radius 1 is 1.35 bits per heavy atom. The summed E-state index contributed by atoms with van der Waals surface area (Å²) in [5.41, 5.74) is 1.29. The van der Waals surface area contributed by atoms with E-state index in [1.165, 1.54) is 12.1 Å². The van der Waals surface area contributed by atoms with Crippen LogP contribution in [0.15, 0.2) is 18.2 Å². The Balaban J connectivity index is 2.09. The topological polar surface area (TPSA) is 32.3 Å². The van der Waals surface area contributed by atoms with E-state index in [1.54, 1.807) is 6.07 Å². The lowest BCUT2D eigenvalue weighted by Crippen LogP contribution is -2.57. The summed E-state index contributed by atoms with van der Waals surface area (Å²) >= 11 is 0. The van der Waals surface area contributed by atoms with Gasteiger partial charge < -0.3 is 5.32 Å². The van der Waals surface area contributed by atoms with Crippen LogP contribution in [0.5, 0.6) is 0 Å². The van der Waals surface area contributed by atoms with Crippen LogP contribution in [-0.4, -0.2) is 42.4 Å². The van der Waals surface area contributed by atoms with Crippen molar-refractivity contribution in [3.05, 3.63) is 35.1 Å². The van der Waals surface area contributed by atoms with Crippen molar-refractivity contribution in [2.75, 3.05) is 26.2 Å². The maximum atomic E-state index is 13.1. The van der Waals surface area contributed by atoms with Crippen molar-refractivity contribution < 1.29 is 9.18 Å². The molecule has 1 aromatic rings. The molecule has 0 atom stereocenters. The van der Waals surface area contributed by atoms with Crippen LogP contribution in [0.2, 0.25) is 0 Å². The van der Waals surface area contributed by atoms with Crippen LogP contribution in [0.1, 0.15) is 25.0 Å². The number of Topliss-reactive ketones (excluding diaryl/α,β-unsaturated/α-hetero) is 1. The van der Waals surface area contributed by atoms with Crippen LogP contribution in [0, 0.1) is 12.7 Å². The summed E-state index contributed by atoms with van der Waals surface area (Å²) < 4.78 is 13.1. The van der Waals surface area contributed by atoms with Crippen LogP contribution in [0.4, 0.5) is 4.39 Å². The van der Waals surface area contributed by atoms with E-state index in [4.69, 9.17) is 0 Å². The second kappa shape index (κ2) is 6.02. The SMILES string of the molecule is Cc1cc(F)ccc1CC(=O)C(C)(C)N1CCNCC1. The molecule has 1 aliphatic heterocycles. The van der Waals surface area contributed by atoms with Crippen LogP contribution in [0.25, 0.3) is 0 Å². The lowest BCUT2D eigenvalue weighted by Gasteiger charge is -2.40. The van der Waals surface area contributed by atoms with Crippen molar-refractivity contribution in [1.82, 2.24) is 10.2 Å². The van der Waals surface area contributed by atoms with Crippen molar-refractivity contribution in [3.8, 4) is 0 Å². The summed E-state index contributed by atoms with van der Waals surface area (Å²) in [6, 6.07) is 4.63. The van der Waals surface area contributed by atoms with Gasteiger partial charge in [-0.2, -0.15) is 0 Å². The molecule has 20 heavy (non-hydrogen) atoms. The van der Waals surface area contributed by atoms with Crippen LogP contribution in [0.3, 0.4) is 0 Å². The molecule has 1 aliphatic rings. The number of rotatable bonds is 4. The molecule has 1 fully saturated rings. The zero-order valence-electron chi connectivity index (χ0n) is 12.5. The number of carbonyl (C=O) groups excluding carboxylic acids is 1. The number of halogens is 1. The summed E-state index contributed by atoms with van der Waals surface area (Å²) in [7, 11) is 0. The third kappa shape index (κ3) is 3.25. The lowest BCUT2D eigenvalue weighted by atomic mass is 9.90. The second-order valence-corrected chi connectivity index (χ2v) is 5.97. The molecule has 0 unspecified atom stereocenters. The Kier molecular flexibility index (Phi) is 4.55. The molecule has 1 heterocycles. The van der Waals surface area contributed by atoms with Gasteiger partial charge in [0.05, 0.1) is 5.54 Å². The zero-order chi connectivity index (χ0) is 14.8. The molecule has 2 rings (SSSR count). The number of nitrogens with one attached hydrogen (secondary N) is 1. The lowest BCUT2D eigenvalue weighted by molar-refractivity contribution is -0.129. The third-order valence-electron chi connectivity index (χ3n) is 4.25. The molecule has 0 saturated carbocycles. The Labute approximate surface area is 120 Å². The van der Waals surface area contributed by atoms with Gasteiger partial charge in [-0.3, -0.25) is 9.69 Å². The largest absolute Gasteiger partial charge is 0.314 e. The molecular weight excluding hydrogens is 255 g/mol. The highest BCUT2D eigenvalue weighted by Gasteiger charge is 2.34. The highest BCUT2D eigenvalue weighted by Crippen LogP contribution is 2.20. The van der Waals surface area contributed by atoms with E-state index in [0.29, 0.717) is 6.42 Å². The monoisotopic (exact) mass is 278 g/mol. The van der Waals surface area contributed by atoms with Gasteiger partial charge >= 0.3 is 0 Å². The first kappa shape index (κ1) is 15.1. The van der Waals surface area contributed by atoms with E-state index in [1.807, 2.05) is 20.8 Å². The molecule has 110 valence electrons. The number of nitrogens with zero attached hydrogens (tertiary/aromatic N) is 1. The van der Waals surface area contributed by atoms with Gasteiger partial charge in [0.2, 0.25) is 0 Å². The van der Waals surface area contributed by atoms with Crippen LogP contribution >= 0.6 is 0 Å². The first-order valence-corrected chi connectivity index (χ1v) is 7.15. The van der Waals surface area contributed by atoms with Gasteiger partial charge in [-0.05, 0) is 44.0 Å². The first-order chi connectivity index (χ1) is 9.41. The summed E-state index contributed by atoms with van der Waals surface area (Å²) in [5.74, 6) is -0.0610. The highest BCUT2D eigenvalue weighted by atomic mass is 19.1. The number of hydrogen-bond acceptors (Lipinski definition) is 3. The van der Waals surface area contributed by atoms with E-state index >= 15 is 0 Å². The number of carbonyl (C=O) groups is 1. The molecule has 1 saturated heterocycles. The van der Waals surface area contributed by atoms with Gasteiger partial charge in [-0.1, -0.05) is 6.07 Å². The molecule has 0 spiro atoms. The van der Waals surface area contributed by atoms with Gasteiger partial charge in [0, 0.05) is 32.6 Å². The first-order valence-electron chi connectivity index (χ1n) is 7.15. The zero-order valence-corrected chi connectivity index (χ0v) is 12.5. The van der Waals surface area contributed by atoms with Gasteiger partial charge in [0.15, 0.2) is 5.78 Å². The molecule has 0 aromatic heterocycles. The average Bonchev–Trinajstić information content (AvgIpc) is 2.42. The molecular formula is C16H23FN2O. The summed E-state index contributed by atoms with van der Waals surface area (Å²) in [6.45, 7) is 9.45. The molecule has 4 heteroatoms. The van der Waals surface area contributed by atoms with Crippen molar-refractivity contribution in [2.45, 2.75) is 32.7 Å². The molecule has 1 N–H and O–H groups in total. The van der Waals surface area contributed by atoms with E-state index in [0.717, 1.165) is 37.3 Å². The van der Waals surface area contributed by atoms with Gasteiger partial charge in [0.25, 0.3) is 0 Å². The smallest absolute Gasteiger partial charge is 0.156 e. The Morgan fingerprint density at radius 2 is 2.00 bits per heavy atom. The quantitative estimate of drug-likeness (QED) is 0.913. The number of piperazine rings is 1. The second-order valence-electron chi connectivity index (χ2n) is 5.97. The number of aryl methyl sites for hydroxylation is 1. The predicted octanol–water partition coefficient (Wildman–Crippen LogP) is 1.93. The summed E-state index contributed by atoms with van der Waals surface area (Å²) in [5, 5.41) is 3.30. The highest BCUT2D eigenvalue weighted by molar-refractivity contribution is 5.89. The molecule has 1 aromatic carbocycles. The van der Waals surface area contributed by atoms with E-state index in [9.17, 15) is 9.18 Å². The van der Waals surface area contributed by atoms with Crippen molar-refractivity contribution in [3.63, 3.8) is 0 Å². The van der Waals surface area contributed by atoms with Crippen LogP contribution in [-0.2, 0) is 11.2 Å². The average molecular weight is 278 g/mol. The van der Waals surface area contributed by atoms with E-state index < -0.39 is 5.54 Å². The maximum Gasteiger partial charge on any atom is 0.156 e. The summed E-state index contributed by atoms with van der Waals surface area (Å²) in [4.78, 5) is 14.8. The molecule has 0 radical (unpaired) electrons. The number of hydrogen-bond donors (Lipinski definition) is 1.